The molecule has 90 valence electrons. The molecule has 4 heteroatoms. The first-order valence-corrected chi connectivity index (χ1v) is 6.94. The van der Waals surface area contributed by atoms with Gasteiger partial charge in [-0.25, -0.2) is 4.98 Å². The first kappa shape index (κ1) is 12.0. The number of hydrogen-bond donors (Lipinski definition) is 1. The van der Waals surface area contributed by atoms with Crippen LogP contribution in [0.4, 0.5) is 0 Å². The molecule has 3 nitrogen and oxygen atoms in total. The number of aryl methyl sites for hydroxylation is 1. The lowest BCUT2D eigenvalue weighted by molar-refractivity contribution is 0.184. The van der Waals surface area contributed by atoms with Crippen LogP contribution in [0.1, 0.15) is 42.4 Å². The van der Waals surface area contributed by atoms with Crippen molar-refractivity contribution in [3.05, 3.63) is 16.1 Å². The Morgan fingerprint density at radius 1 is 1.56 bits per heavy atom. The van der Waals surface area contributed by atoms with E-state index in [-0.39, 0.29) is 6.61 Å². The molecule has 0 bridgehead atoms. The van der Waals surface area contributed by atoms with Gasteiger partial charge in [-0.3, -0.25) is 4.90 Å². The van der Waals surface area contributed by atoms with Crippen LogP contribution in [0, 0.1) is 0 Å². The lowest BCUT2D eigenvalue weighted by Gasteiger charge is -2.31. The Kier molecular flexibility index (Phi) is 4.32. The maximum absolute atomic E-state index is 8.79. The normalized spacial score (nSPS) is 22.5. The fourth-order valence-corrected chi connectivity index (χ4v) is 3.16. The van der Waals surface area contributed by atoms with Gasteiger partial charge in [-0.2, -0.15) is 0 Å². The summed E-state index contributed by atoms with van der Waals surface area (Å²) in [5.41, 5.74) is 1.24. The van der Waals surface area contributed by atoms with Gasteiger partial charge in [0.2, 0.25) is 0 Å². The highest BCUT2D eigenvalue weighted by Crippen LogP contribution is 2.30. The van der Waals surface area contributed by atoms with Crippen molar-refractivity contribution in [1.29, 1.82) is 0 Å². The molecule has 1 aromatic heterocycles. The van der Waals surface area contributed by atoms with Gasteiger partial charge in [-0.1, -0.05) is 6.42 Å². The first-order chi connectivity index (χ1) is 7.81. The van der Waals surface area contributed by atoms with Crippen molar-refractivity contribution in [2.45, 2.75) is 38.1 Å². The maximum atomic E-state index is 8.79. The molecule has 1 aliphatic rings. The monoisotopic (exact) mass is 240 g/mol. The van der Waals surface area contributed by atoms with E-state index in [4.69, 9.17) is 5.11 Å². The summed E-state index contributed by atoms with van der Waals surface area (Å²) in [6.45, 7) is 1.45. The number of likely N-dealkylation sites (tertiary alicyclic amines) is 1. The molecule has 1 aromatic rings. The molecular weight excluding hydrogens is 220 g/mol. The van der Waals surface area contributed by atoms with Gasteiger partial charge in [0.25, 0.3) is 0 Å². The van der Waals surface area contributed by atoms with Gasteiger partial charge in [-0.05, 0) is 32.9 Å². The van der Waals surface area contributed by atoms with Crippen molar-refractivity contribution in [2.24, 2.45) is 0 Å². The van der Waals surface area contributed by atoms with E-state index in [9.17, 15) is 0 Å². The first-order valence-electron chi connectivity index (χ1n) is 6.06. The summed E-state index contributed by atoms with van der Waals surface area (Å²) in [4.78, 5) is 7.10. The minimum atomic E-state index is 0.262. The highest BCUT2D eigenvalue weighted by Gasteiger charge is 2.22. The molecule has 1 N–H and O–H groups in total. The SMILES string of the molecule is CN1CCCCC1c1csc(CCCO)n1. The number of rotatable bonds is 4. The van der Waals surface area contributed by atoms with Crippen molar-refractivity contribution in [3.8, 4) is 0 Å². The van der Waals surface area contributed by atoms with E-state index in [1.54, 1.807) is 11.3 Å². The summed E-state index contributed by atoms with van der Waals surface area (Å²) in [6, 6.07) is 0.521. The Morgan fingerprint density at radius 3 is 3.19 bits per heavy atom. The van der Waals surface area contributed by atoms with E-state index >= 15 is 0 Å². The largest absolute Gasteiger partial charge is 0.396 e. The Balaban J connectivity index is 1.99. The van der Waals surface area contributed by atoms with Crippen molar-refractivity contribution in [1.82, 2.24) is 9.88 Å². The molecule has 2 rings (SSSR count). The van der Waals surface area contributed by atoms with Gasteiger partial charge in [0.1, 0.15) is 0 Å². The minimum Gasteiger partial charge on any atom is -0.396 e. The Bertz CT molecular complexity index is 327. The van der Waals surface area contributed by atoms with Crippen LogP contribution in [0.3, 0.4) is 0 Å². The molecule has 1 saturated heterocycles. The minimum absolute atomic E-state index is 0.262. The summed E-state index contributed by atoms with van der Waals surface area (Å²) >= 11 is 1.74. The molecule has 1 aliphatic heterocycles. The van der Waals surface area contributed by atoms with Gasteiger partial charge < -0.3 is 5.11 Å². The van der Waals surface area contributed by atoms with Gasteiger partial charge in [0, 0.05) is 18.4 Å². The number of aliphatic hydroxyl groups is 1. The number of piperidine rings is 1. The highest BCUT2D eigenvalue weighted by molar-refractivity contribution is 7.09. The molecule has 0 aliphatic carbocycles. The standard InChI is InChI=1S/C12H20N2OS/c1-14-7-3-2-5-11(14)10-9-16-12(13-10)6-4-8-15/h9,11,15H,2-8H2,1H3. The van der Waals surface area contributed by atoms with Crippen LogP contribution in [0.5, 0.6) is 0 Å². The van der Waals surface area contributed by atoms with Crippen LogP contribution in [-0.4, -0.2) is 35.2 Å². The fourth-order valence-electron chi connectivity index (χ4n) is 2.27. The van der Waals surface area contributed by atoms with Gasteiger partial charge in [-0.15, -0.1) is 11.3 Å². The van der Waals surface area contributed by atoms with Gasteiger partial charge in [0.15, 0.2) is 0 Å². The van der Waals surface area contributed by atoms with E-state index in [2.05, 4.69) is 22.3 Å². The van der Waals surface area contributed by atoms with Crippen LogP contribution in [-0.2, 0) is 6.42 Å². The maximum Gasteiger partial charge on any atom is 0.0929 e. The highest BCUT2D eigenvalue weighted by atomic mass is 32.1. The zero-order chi connectivity index (χ0) is 11.4. The van der Waals surface area contributed by atoms with Crippen molar-refractivity contribution < 1.29 is 5.11 Å². The lowest BCUT2D eigenvalue weighted by Crippen LogP contribution is -2.29. The quantitative estimate of drug-likeness (QED) is 0.876. The summed E-state index contributed by atoms with van der Waals surface area (Å²) in [5.74, 6) is 0. The molecule has 1 atom stereocenters. The third-order valence-electron chi connectivity index (χ3n) is 3.23. The van der Waals surface area contributed by atoms with Crippen LogP contribution in [0.15, 0.2) is 5.38 Å². The van der Waals surface area contributed by atoms with Crippen LogP contribution < -0.4 is 0 Å². The fraction of sp³-hybridized carbons (Fsp3) is 0.750. The molecule has 2 heterocycles. The van der Waals surface area contributed by atoms with E-state index < -0.39 is 0 Å². The summed E-state index contributed by atoms with van der Waals surface area (Å²) < 4.78 is 0. The second-order valence-electron chi connectivity index (χ2n) is 4.49. The second-order valence-corrected chi connectivity index (χ2v) is 5.43. The number of hydrogen-bond acceptors (Lipinski definition) is 4. The van der Waals surface area contributed by atoms with Crippen LogP contribution >= 0.6 is 11.3 Å². The van der Waals surface area contributed by atoms with E-state index in [0.29, 0.717) is 6.04 Å². The third-order valence-corrected chi connectivity index (χ3v) is 4.16. The zero-order valence-corrected chi connectivity index (χ0v) is 10.7. The third kappa shape index (κ3) is 2.81. The average molecular weight is 240 g/mol. The molecule has 1 fully saturated rings. The predicted molar refractivity (Wildman–Crippen MR) is 66.7 cm³/mol. The average Bonchev–Trinajstić information content (AvgIpc) is 2.75. The van der Waals surface area contributed by atoms with E-state index in [1.807, 2.05) is 0 Å². The van der Waals surface area contributed by atoms with E-state index in [0.717, 1.165) is 12.8 Å². The van der Waals surface area contributed by atoms with Crippen molar-refractivity contribution in [2.75, 3.05) is 20.2 Å². The van der Waals surface area contributed by atoms with Gasteiger partial charge >= 0.3 is 0 Å². The second kappa shape index (κ2) is 5.75. The number of nitrogens with zero attached hydrogens (tertiary/aromatic N) is 2. The molecule has 0 radical (unpaired) electrons. The van der Waals surface area contributed by atoms with Crippen LogP contribution in [0.25, 0.3) is 0 Å². The molecule has 0 spiro atoms. The summed E-state index contributed by atoms with van der Waals surface area (Å²) in [7, 11) is 2.19. The molecule has 0 aromatic carbocycles. The molecule has 16 heavy (non-hydrogen) atoms. The Hall–Kier alpha value is -0.450. The zero-order valence-electron chi connectivity index (χ0n) is 9.85. The van der Waals surface area contributed by atoms with E-state index in [1.165, 1.54) is 36.5 Å². The molecular formula is C12H20N2OS. The summed E-state index contributed by atoms with van der Waals surface area (Å²) in [5, 5.41) is 12.2. The topological polar surface area (TPSA) is 36.4 Å². The number of aromatic nitrogens is 1. The van der Waals surface area contributed by atoms with Crippen LogP contribution in [0.2, 0.25) is 0 Å². The summed E-state index contributed by atoms with van der Waals surface area (Å²) in [6.07, 6.45) is 5.61. The van der Waals surface area contributed by atoms with Crippen molar-refractivity contribution >= 4 is 11.3 Å². The number of thiazole rings is 1. The Morgan fingerprint density at radius 2 is 2.44 bits per heavy atom. The molecule has 0 saturated carbocycles. The molecule has 1 unspecified atom stereocenters. The number of aliphatic hydroxyl groups excluding tert-OH is 1. The predicted octanol–water partition coefficient (Wildman–Crippen LogP) is 2.22. The van der Waals surface area contributed by atoms with Gasteiger partial charge in [0.05, 0.1) is 16.7 Å². The van der Waals surface area contributed by atoms with Crippen molar-refractivity contribution in [3.63, 3.8) is 0 Å². The molecule has 0 amide bonds. The Labute approximate surface area is 101 Å². The smallest absolute Gasteiger partial charge is 0.0929 e. The lowest BCUT2D eigenvalue weighted by atomic mass is 10.0.